The highest BCUT2D eigenvalue weighted by Gasteiger charge is 2.17. The van der Waals surface area contributed by atoms with E-state index < -0.39 is 0 Å². The minimum Gasteiger partial charge on any atom is -0.493 e. The van der Waals surface area contributed by atoms with Gasteiger partial charge in [0.2, 0.25) is 0 Å². The number of hydrogen-bond acceptors (Lipinski definition) is 1. The third-order valence-corrected chi connectivity index (χ3v) is 1.96. The third-order valence-electron chi connectivity index (χ3n) is 1.63. The minimum absolute atomic E-state index is 0.785. The fourth-order valence-electron chi connectivity index (χ4n) is 1.14. The van der Waals surface area contributed by atoms with Crippen LogP contribution in [0.15, 0.2) is 34.6 Å². The second-order valence-electron chi connectivity index (χ2n) is 2.30. The number of rotatable bonds is 0. The lowest BCUT2D eigenvalue weighted by atomic mass is 10.2. The van der Waals surface area contributed by atoms with Crippen LogP contribution in [-0.4, -0.2) is 6.61 Å². The first-order valence-corrected chi connectivity index (χ1v) is 3.67. The van der Waals surface area contributed by atoms with Crippen LogP contribution in [0.2, 0.25) is 0 Å². The van der Waals surface area contributed by atoms with Gasteiger partial charge >= 0.3 is 0 Å². The number of ether oxygens (including phenoxy) is 1. The normalized spacial score (nSPS) is 22.3. The van der Waals surface area contributed by atoms with Crippen LogP contribution in [0.5, 0.6) is 0 Å². The van der Waals surface area contributed by atoms with E-state index in [0.717, 1.165) is 29.4 Å². The molecule has 0 saturated carbocycles. The van der Waals surface area contributed by atoms with Gasteiger partial charge in [0.05, 0.1) is 11.6 Å². The number of halogens is 1. The van der Waals surface area contributed by atoms with E-state index in [-0.39, 0.29) is 0 Å². The van der Waals surface area contributed by atoms with E-state index in [4.69, 9.17) is 16.3 Å². The smallest absolute Gasteiger partial charge is 0.127 e. The van der Waals surface area contributed by atoms with Crippen LogP contribution < -0.4 is 0 Å². The Bertz CT molecular complexity index is 248. The van der Waals surface area contributed by atoms with Gasteiger partial charge in [-0.3, -0.25) is 0 Å². The summed E-state index contributed by atoms with van der Waals surface area (Å²) in [4.78, 5) is 0. The first kappa shape index (κ1) is 6.05. The average Bonchev–Trinajstić information content (AvgIpc) is 2.34. The van der Waals surface area contributed by atoms with Crippen molar-refractivity contribution in [3.05, 3.63) is 34.6 Å². The van der Waals surface area contributed by atoms with E-state index in [9.17, 15) is 0 Å². The van der Waals surface area contributed by atoms with E-state index >= 15 is 0 Å². The molecule has 0 radical (unpaired) electrons. The predicted octanol–water partition coefficient (Wildman–Crippen LogP) is 2.35. The first-order chi connectivity index (χ1) is 4.88. The van der Waals surface area contributed by atoms with Gasteiger partial charge in [-0.25, -0.2) is 0 Å². The summed E-state index contributed by atoms with van der Waals surface area (Å²) < 4.78 is 5.33. The lowest BCUT2D eigenvalue weighted by Gasteiger charge is -2.13. The molecule has 1 heterocycles. The molecule has 1 aliphatic heterocycles. The molecule has 0 atom stereocenters. The van der Waals surface area contributed by atoms with Crippen molar-refractivity contribution < 1.29 is 4.74 Å². The zero-order chi connectivity index (χ0) is 6.97. The number of hydrogen-bond donors (Lipinski definition) is 0. The SMILES string of the molecule is ClC1=CC=C2OCCC=C12. The van der Waals surface area contributed by atoms with Gasteiger partial charge in [-0.15, -0.1) is 0 Å². The van der Waals surface area contributed by atoms with Crippen LogP contribution >= 0.6 is 11.6 Å². The summed E-state index contributed by atoms with van der Waals surface area (Å²) in [6.07, 6.45) is 6.86. The Hall–Kier alpha value is -0.690. The molecule has 1 aliphatic carbocycles. The topological polar surface area (TPSA) is 9.23 Å². The van der Waals surface area contributed by atoms with E-state index in [1.54, 1.807) is 0 Å². The summed E-state index contributed by atoms with van der Waals surface area (Å²) in [7, 11) is 0. The fourth-order valence-corrected chi connectivity index (χ4v) is 1.38. The van der Waals surface area contributed by atoms with Crippen LogP contribution in [0.3, 0.4) is 0 Å². The highest BCUT2D eigenvalue weighted by atomic mass is 35.5. The molecule has 0 fully saturated rings. The molecule has 2 heteroatoms. The maximum Gasteiger partial charge on any atom is 0.127 e. The summed E-state index contributed by atoms with van der Waals surface area (Å²) in [5.74, 6) is 0.927. The maximum atomic E-state index is 5.85. The van der Waals surface area contributed by atoms with Crippen LogP contribution in [0.25, 0.3) is 0 Å². The number of fused-ring (bicyclic) bond motifs is 1. The Morgan fingerprint density at radius 2 is 2.30 bits per heavy atom. The average molecular weight is 155 g/mol. The van der Waals surface area contributed by atoms with Crippen LogP contribution in [0.4, 0.5) is 0 Å². The van der Waals surface area contributed by atoms with Crippen molar-refractivity contribution in [1.29, 1.82) is 0 Å². The summed E-state index contributed by atoms with van der Waals surface area (Å²) >= 11 is 5.85. The van der Waals surface area contributed by atoms with Gasteiger partial charge in [0.25, 0.3) is 0 Å². The predicted molar refractivity (Wildman–Crippen MR) is 40.7 cm³/mol. The minimum atomic E-state index is 0.785. The molecule has 0 saturated heterocycles. The second-order valence-corrected chi connectivity index (χ2v) is 2.71. The van der Waals surface area contributed by atoms with Gasteiger partial charge in [0.1, 0.15) is 5.76 Å². The second kappa shape index (κ2) is 2.17. The molecule has 0 aromatic heterocycles. The monoisotopic (exact) mass is 154 g/mol. The largest absolute Gasteiger partial charge is 0.493 e. The number of allylic oxidation sites excluding steroid dienone is 3. The molecular formula is C8H7ClO. The summed E-state index contributed by atoms with van der Waals surface area (Å²) in [6, 6.07) is 0. The molecule has 10 heavy (non-hydrogen) atoms. The van der Waals surface area contributed by atoms with Crippen molar-refractivity contribution in [1.82, 2.24) is 0 Å². The van der Waals surface area contributed by atoms with Crippen molar-refractivity contribution in [3.63, 3.8) is 0 Å². The maximum absolute atomic E-state index is 5.85. The van der Waals surface area contributed by atoms with E-state index in [1.165, 1.54) is 0 Å². The van der Waals surface area contributed by atoms with Crippen LogP contribution in [0.1, 0.15) is 6.42 Å². The third kappa shape index (κ3) is 0.781. The molecule has 0 bridgehead atoms. The van der Waals surface area contributed by atoms with Crippen molar-refractivity contribution in [2.45, 2.75) is 6.42 Å². The van der Waals surface area contributed by atoms with Crippen LogP contribution in [0, 0.1) is 0 Å². The zero-order valence-electron chi connectivity index (χ0n) is 5.43. The fraction of sp³-hybridized carbons (Fsp3) is 0.250. The van der Waals surface area contributed by atoms with Crippen molar-refractivity contribution in [2.75, 3.05) is 6.61 Å². The molecular weight excluding hydrogens is 148 g/mol. The lowest BCUT2D eigenvalue weighted by molar-refractivity contribution is 0.219. The molecule has 52 valence electrons. The standard InChI is InChI=1S/C8H7ClO/c9-7-3-4-8-6(7)2-1-5-10-8/h2-4H,1,5H2. The summed E-state index contributed by atoms with van der Waals surface area (Å²) in [5, 5.41) is 0.801. The molecule has 2 aliphatic rings. The Labute approximate surface area is 64.6 Å². The molecule has 0 aromatic rings. The highest BCUT2D eigenvalue weighted by molar-refractivity contribution is 6.33. The quantitative estimate of drug-likeness (QED) is 0.521. The van der Waals surface area contributed by atoms with E-state index in [2.05, 4.69) is 6.08 Å². The molecule has 2 rings (SSSR count). The molecule has 0 unspecified atom stereocenters. The van der Waals surface area contributed by atoms with E-state index in [1.807, 2.05) is 12.2 Å². The Kier molecular flexibility index (Phi) is 1.31. The Balaban J connectivity index is 2.39. The van der Waals surface area contributed by atoms with Gasteiger partial charge in [0, 0.05) is 12.0 Å². The first-order valence-electron chi connectivity index (χ1n) is 3.29. The van der Waals surface area contributed by atoms with Gasteiger partial charge in [-0.1, -0.05) is 17.7 Å². The molecule has 0 aromatic carbocycles. The lowest BCUT2D eigenvalue weighted by Crippen LogP contribution is -2.01. The van der Waals surface area contributed by atoms with Crippen molar-refractivity contribution in [2.24, 2.45) is 0 Å². The van der Waals surface area contributed by atoms with Crippen LogP contribution in [-0.2, 0) is 4.74 Å². The molecule has 0 N–H and O–H groups in total. The molecule has 0 amide bonds. The van der Waals surface area contributed by atoms with Gasteiger partial charge in [0.15, 0.2) is 0 Å². The molecule has 0 spiro atoms. The van der Waals surface area contributed by atoms with Gasteiger partial charge < -0.3 is 4.74 Å². The van der Waals surface area contributed by atoms with Crippen molar-refractivity contribution >= 4 is 11.6 Å². The Morgan fingerprint density at radius 1 is 1.40 bits per heavy atom. The Morgan fingerprint density at radius 3 is 3.10 bits per heavy atom. The molecule has 1 nitrogen and oxygen atoms in total. The highest BCUT2D eigenvalue weighted by Crippen LogP contribution is 2.32. The van der Waals surface area contributed by atoms with Crippen molar-refractivity contribution in [3.8, 4) is 0 Å². The van der Waals surface area contributed by atoms with E-state index in [0.29, 0.717) is 0 Å². The summed E-state index contributed by atoms with van der Waals surface area (Å²) in [6.45, 7) is 0.785. The van der Waals surface area contributed by atoms with Gasteiger partial charge in [-0.2, -0.15) is 0 Å². The van der Waals surface area contributed by atoms with Gasteiger partial charge in [-0.05, 0) is 12.2 Å². The summed E-state index contributed by atoms with van der Waals surface area (Å²) in [5.41, 5.74) is 1.06. The zero-order valence-corrected chi connectivity index (χ0v) is 6.19.